The van der Waals surface area contributed by atoms with E-state index in [9.17, 15) is 9.18 Å². The Labute approximate surface area is 215 Å². The minimum Gasteiger partial charge on any atom is -0.460 e. The molecule has 1 aliphatic heterocycles. The maximum absolute atomic E-state index is 13.7. The SMILES string of the molecule is CN(C)C(=O)C1(C)COC(c2nc(-c3ccc(F)cc3)c(-c3ccnc(OC4CCCCC4)n3)[nH]2)OC1. The number of halogens is 1. The van der Waals surface area contributed by atoms with E-state index in [4.69, 9.17) is 19.2 Å². The molecule has 2 aliphatic rings. The molecule has 1 N–H and O–H groups in total. The Bertz CT molecular complexity index is 1230. The van der Waals surface area contributed by atoms with Gasteiger partial charge in [0, 0.05) is 25.9 Å². The number of nitrogens with one attached hydrogen (secondary N) is 1. The summed E-state index contributed by atoms with van der Waals surface area (Å²) >= 11 is 0. The maximum atomic E-state index is 13.7. The van der Waals surface area contributed by atoms with E-state index < -0.39 is 11.7 Å². The lowest BCUT2D eigenvalue weighted by Gasteiger charge is -2.36. The van der Waals surface area contributed by atoms with Crippen molar-refractivity contribution in [3.63, 3.8) is 0 Å². The molecule has 1 saturated heterocycles. The van der Waals surface area contributed by atoms with E-state index in [0.717, 1.165) is 25.7 Å². The average Bonchev–Trinajstić information content (AvgIpc) is 3.35. The molecule has 3 heterocycles. The summed E-state index contributed by atoms with van der Waals surface area (Å²) in [5, 5.41) is 0. The fourth-order valence-corrected chi connectivity index (χ4v) is 4.80. The molecular weight excluding hydrogens is 477 g/mol. The van der Waals surface area contributed by atoms with Crippen LogP contribution < -0.4 is 4.74 Å². The lowest BCUT2D eigenvalue weighted by atomic mass is 9.90. The summed E-state index contributed by atoms with van der Waals surface area (Å²) in [4.78, 5) is 31.1. The molecule has 0 bridgehead atoms. The van der Waals surface area contributed by atoms with Crippen molar-refractivity contribution in [2.75, 3.05) is 27.3 Å². The zero-order chi connectivity index (χ0) is 26.0. The van der Waals surface area contributed by atoms with Gasteiger partial charge in [0.2, 0.25) is 12.2 Å². The number of aromatic nitrogens is 4. The molecule has 1 aromatic carbocycles. The average molecular weight is 510 g/mol. The van der Waals surface area contributed by atoms with Crippen molar-refractivity contribution < 1.29 is 23.4 Å². The van der Waals surface area contributed by atoms with E-state index in [-0.39, 0.29) is 31.0 Å². The molecule has 1 amide bonds. The molecule has 0 spiro atoms. The van der Waals surface area contributed by atoms with Gasteiger partial charge in [-0.1, -0.05) is 6.42 Å². The highest BCUT2D eigenvalue weighted by molar-refractivity contribution is 5.82. The van der Waals surface area contributed by atoms with Gasteiger partial charge in [0.25, 0.3) is 0 Å². The molecule has 37 heavy (non-hydrogen) atoms. The van der Waals surface area contributed by atoms with Crippen molar-refractivity contribution in [2.24, 2.45) is 5.41 Å². The lowest BCUT2D eigenvalue weighted by molar-refractivity contribution is -0.233. The molecular formula is C27H32FN5O4. The number of nitrogens with zero attached hydrogens (tertiary/aromatic N) is 4. The molecule has 2 aromatic heterocycles. The Morgan fingerprint density at radius 1 is 1.08 bits per heavy atom. The van der Waals surface area contributed by atoms with E-state index in [2.05, 4.69) is 15.0 Å². The van der Waals surface area contributed by atoms with E-state index in [1.165, 1.54) is 23.5 Å². The van der Waals surface area contributed by atoms with Gasteiger partial charge in [-0.25, -0.2) is 14.4 Å². The van der Waals surface area contributed by atoms with Gasteiger partial charge in [-0.2, -0.15) is 4.98 Å². The van der Waals surface area contributed by atoms with Crippen LogP contribution in [-0.4, -0.2) is 64.2 Å². The van der Waals surface area contributed by atoms with Crippen LogP contribution in [0.2, 0.25) is 0 Å². The number of H-pyrrole nitrogens is 1. The number of hydrogen-bond donors (Lipinski definition) is 1. The zero-order valence-electron chi connectivity index (χ0n) is 21.4. The van der Waals surface area contributed by atoms with Crippen LogP contribution >= 0.6 is 0 Å². The van der Waals surface area contributed by atoms with Crippen molar-refractivity contribution in [2.45, 2.75) is 51.4 Å². The van der Waals surface area contributed by atoms with Crippen LogP contribution in [0.25, 0.3) is 22.6 Å². The van der Waals surface area contributed by atoms with Gasteiger partial charge >= 0.3 is 6.01 Å². The molecule has 5 rings (SSSR count). The van der Waals surface area contributed by atoms with Gasteiger partial charge in [0.15, 0.2) is 5.82 Å². The highest BCUT2D eigenvalue weighted by atomic mass is 19.1. The standard InChI is InChI=1S/C27H32FN5O4/c1-27(25(34)33(2)3)15-35-24(36-16-27)23-31-21(17-9-11-18(28)12-10-17)22(32-23)20-13-14-29-26(30-20)37-19-7-5-4-6-8-19/h9-14,19,24H,4-8,15-16H2,1-3H3,(H,31,32). The molecule has 2 fully saturated rings. The number of benzene rings is 1. The minimum atomic E-state index is -0.796. The minimum absolute atomic E-state index is 0.0652. The van der Waals surface area contributed by atoms with Crippen LogP contribution in [0.15, 0.2) is 36.5 Å². The van der Waals surface area contributed by atoms with Crippen molar-refractivity contribution in [3.8, 4) is 28.7 Å². The van der Waals surface area contributed by atoms with Gasteiger partial charge in [-0.15, -0.1) is 0 Å². The van der Waals surface area contributed by atoms with Crippen molar-refractivity contribution in [1.29, 1.82) is 0 Å². The van der Waals surface area contributed by atoms with E-state index in [1.54, 1.807) is 38.5 Å². The third-order valence-electron chi connectivity index (χ3n) is 6.81. The van der Waals surface area contributed by atoms with E-state index in [0.29, 0.717) is 34.5 Å². The summed E-state index contributed by atoms with van der Waals surface area (Å²) in [6.07, 6.45) is 6.47. The largest absolute Gasteiger partial charge is 0.460 e. The number of aromatic amines is 1. The first-order chi connectivity index (χ1) is 17.8. The van der Waals surface area contributed by atoms with Gasteiger partial charge in [-0.05, 0) is 62.9 Å². The Morgan fingerprint density at radius 2 is 1.78 bits per heavy atom. The lowest BCUT2D eigenvalue weighted by Crippen LogP contribution is -2.48. The molecule has 1 aliphatic carbocycles. The Hall–Kier alpha value is -3.37. The number of amides is 1. The second kappa shape index (κ2) is 10.5. The maximum Gasteiger partial charge on any atom is 0.317 e. The normalized spacial score (nSPS) is 22.5. The molecule has 1 saturated carbocycles. The molecule has 9 nitrogen and oxygen atoms in total. The van der Waals surface area contributed by atoms with Crippen LogP contribution in [0.4, 0.5) is 4.39 Å². The third-order valence-corrected chi connectivity index (χ3v) is 6.81. The summed E-state index contributed by atoms with van der Waals surface area (Å²) in [7, 11) is 3.42. The predicted molar refractivity (Wildman–Crippen MR) is 134 cm³/mol. The first-order valence-electron chi connectivity index (χ1n) is 12.6. The van der Waals surface area contributed by atoms with Crippen LogP contribution in [0.5, 0.6) is 6.01 Å². The van der Waals surface area contributed by atoms with E-state index >= 15 is 0 Å². The van der Waals surface area contributed by atoms with Crippen molar-refractivity contribution in [1.82, 2.24) is 24.8 Å². The number of rotatable bonds is 6. The fourth-order valence-electron chi connectivity index (χ4n) is 4.80. The van der Waals surface area contributed by atoms with Crippen LogP contribution in [-0.2, 0) is 14.3 Å². The second-order valence-corrected chi connectivity index (χ2v) is 10.2. The van der Waals surface area contributed by atoms with Crippen molar-refractivity contribution >= 4 is 5.91 Å². The van der Waals surface area contributed by atoms with Gasteiger partial charge in [0.05, 0.1) is 35.7 Å². The smallest absolute Gasteiger partial charge is 0.317 e. The Balaban J connectivity index is 1.44. The number of carbonyl (C=O) groups is 1. The quantitative estimate of drug-likeness (QED) is 0.521. The summed E-state index contributed by atoms with van der Waals surface area (Å²) in [5.74, 6) is 0.0293. The predicted octanol–water partition coefficient (Wildman–Crippen LogP) is 4.52. The van der Waals surface area contributed by atoms with Gasteiger partial charge < -0.3 is 24.1 Å². The number of ether oxygens (including phenoxy) is 3. The Kier molecular flexibility index (Phi) is 7.21. The van der Waals surface area contributed by atoms with Crippen molar-refractivity contribution in [3.05, 3.63) is 48.2 Å². The highest BCUT2D eigenvalue weighted by Crippen LogP contribution is 2.36. The third kappa shape index (κ3) is 5.50. The topological polar surface area (TPSA) is 102 Å². The van der Waals surface area contributed by atoms with E-state index in [1.807, 2.05) is 6.92 Å². The molecule has 10 heteroatoms. The summed E-state index contributed by atoms with van der Waals surface area (Å²) in [5.41, 5.74) is 1.69. The second-order valence-electron chi connectivity index (χ2n) is 10.2. The summed E-state index contributed by atoms with van der Waals surface area (Å²) < 4.78 is 31.6. The monoisotopic (exact) mass is 509 g/mol. The van der Waals surface area contributed by atoms with Gasteiger partial charge in [0.1, 0.15) is 11.9 Å². The first-order valence-corrected chi connectivity index (χ1v) is 12.6. The zero-order valence-corrected chi connectivity index (χ0v) is 21.4. The highest BCUT2D eigenvalue weighted by Gasteiger charge is 2.41. The summed E-state index contributed by atoms with van der Waals surface area (Å²) in [6.45, 7) is 2.19. The number of carbonyl (C=O) groups excluding carboxylic acids is 1. The van der Waals surface area contributed by atoms with Gasteiger partial charge in [-0.3, -0.25) is 4.79 Å². The summed E-state index contributed by atoms with van der Waals surface area (Å²) in [6, 6.07) is 8.18. The number of imidazole rings is 1. The molecule has 3 aromatic rings. The molecule has 196 valence electrons. The van der Waals surface area contributed by atoms with Crippen LogP contribution in [0.1, 0.15) is 51.1 Å². The van der Waals surface area contributed by atoms with Crippen LogP contribution in [0, 0.1) is 11.2 Å². The van der Waals surface area contributed by atoms with Crippen LogP contribution in [0.3, 0.4) is 0 Å². The molecule has 0 unspecified atom stereocenters. The molecule has 0 atom stereocenters. The molecule has 0 radical (unpaired) electrons. The number of hydrogen-bond acceptors (Lipinski definition) is 7. The Morgan fingerprint density at radius 3 is 2.46 bits per heavy atom. The first kappa shape index (κ1) is 25.3. The fraction of sp³-hybridized carbons (Fsp3) is 0.481.